The van der Waals surface area contributed by atoms with Gasteiger partial charge in [0.25, 0.3) is 0 Å². The van der Waals surface area contributed by atoms with E-state index in [-0.39, 0.29) is 12.6 Å². The van der Waals surface area contributed by atoms with E-state index >= 15 is 0 Å². The van der Waals surface area contributed by atoms with Gasteiger partial charge in [-0.25, -0.2) is 8.78 Å². The first-order valence-electron chi connectivity index (χ1n) is 7.48. The molecule has 0 spiro atoms. The van der Waals surface area contributed by atoms with Crippen LogP contribution in [0.25, 0.3) is 0 Å². The first-order chi connectivity index (χ1) is 11.0. The van der Waals surface area contributed by atoms with Crippen LogP contribution < -0.4 is 4.74 Å². The van der Waals surface area contributed by atoms with Crippen molar-refractivity contribution in [1.29, 1.82) is 0 Å². The molecule has 0 amide bonds. The quantitative estimate of drug-likeness (QED) is 0.848. The van der Waals surface area contributed by atoms with Crippen molar-refractivity contribution in [3.05, 3.63) is 65.7 Å². The SMILES string of the molecule is CC(c1ccc(F)c(F)c1)N(C)CC(O)COc1ccccc1. The highest BCUT2D eigenvalue weighted by atomic mass is 19.2. The molecule has 0 heterocycles. The molecule has 2 atom stereocenters. The van der Waals surface area contributed by atoms with E-state index in [4.69, 9.17) is 4.74 Å². The maximum Gasteiger partial charge on any atom is 0.159 e. The Kier molecular flexibility index (Phi) is 6.07. The van der Waals surface area contributed by atoms with Crippen LogP contribution in [0.1, 0.15) is 18.5 Å². The van der Waals surface area contributed by atoms with E-state index in [1.54, 1.807) is 6.07 Å². The van der Waals surface area contributed by atoms with Crippen molar-refractivity contribution in [2.75, 3.05) is 20.2 Å². The lowest BCUT2D eigenvalue weighted by molar-refractivity contribution is 0.0653. The van der Waals surface area contributed by atoms with Gasteiger partial charge in [0.05, 0.1) is 0 Å². The van der Waals surface area contributed by atoms with Crippen molar-refractivity contribution in [2.24, 2.45) is 0 Å². The highest BCUT2D eigenvalue weighted by molar-refractivity contribution is 5.21. The summed E-state index contributed by atoms with van der Waals surface area (Å²) < 4.78 is 31.8. The molecule has 2 aromatic rings. The molecule has 0 saturated carbocycles. The topological polar surface area (TPSA) is 32.7 Å². The van der Waals surface area contributed by atoms with Crippen LogP contribution in [0.5, 0.6) is 5.75 Å². The van der Waals surface area contributed by atoms with Gasteiger partial charge in [0.2, 0.25) is 0 Å². The van der Waals surface area contributed by atoms with Crippen LogP contribution in [-0.4, -0.2) is 36.3 Å². The molecule has 1 N–H and O–H groups in total. The number of halogens is 2. The normalized spacial score (nSPS) is 13.8. The maximum atomic E-state index is 13.3. The standard InChI is InChI=1S/C18H21F2NO2/c1-13(14-8-9-17(19)18(20)10-14)21(2)11-15(22)12-23-16-6-4-3-5-7-16/h3-10,13,15,22H,11-12H2,1-2H3. The number of aliphatic hydroxyl groups is 1. The molecule has 23 heavy (non-hydrogen) atoms. The molecular weight excluding hydrogens is 300 g/mol. The molecule has 0 radical (unpaired) electrons. The first-order valence-corrected chi connectivity index (χ1v) is 7.48. The van der Waals surface area contributed by atoms with Crippen molar-refractivity contribution < 1.29 is 18.6 Å². The maximum absolute atomic E-state index is 13.3. The Morgan fingerprint density at radius 3 is 2.43 bits per heavy atom. The Hall–Kier alpha value is -1.98. The summed E-state index contributed by atoms with van der Waals surface area (Å²) in [6.45, 7) is 2.39. The van der Waals surface area contributed by atoms with Crippen molar-refractivity contribution in [1.82, 2.24) is 4.90 Å². The summed E-state index contributed by atoms with van der Waals surface area (Å²) in [5.74, 6) is -1.03. The second-order valence-electron chi connectivity index (χ2n) is 5.57. The predicted octanol–water partition coefficient (Wildman–Crippen LogP) is 3.40. The molecule has 5 heteroatoms. The molecule has 0 fully saturated rings. The zero-order valence-corrected chi connectivity index (χ0v) is 13.2. The van der Waals surface area contributed by atoms with E-state index in [0.29, 0.717) is 17.9 Å². The van der Waals surface area contributed by atoms with Gasteiger partial charge in [-0.15, -0.1) is 0 Å². The van der Waals surface area contributed by atoms with Gasteiger partial charge in [-0.2, -0.15) is 0 Å². The second-order valence-corrected chi connectivity index (χ2v) is 5.57. The third-order valence-corrected chi connectivity index (χ3v) is 3.77. The fraction of sp³-hybridized carbons (Fsp3) is 0.333. The van der Waals surface area contributed by atoms with Crippen molar-refractivity contribution in [2.45, 2.75) is 19.1 Å². The van der Waals surface area contributed by atoms with Gasteiger partial charge in [0, 0.05) is 12.6 Å². The molecule has 3 nitrogen and oxygen atoms in total. The Bertz CT molecular complexity index is 622. The Labute approximate surface area is 135 Å². The van der Waals surface area contributed by atoms with Crippen molar-refractivity contribution in [3.63, 3.8) is 0 Å². The Morgan fingerprint density at radius 2 is 1.78 bits per heavy atom. The number of nitrogens with zero attached hydrogens (tertiary/aromatic N) is 1. The van der Waals surface area contributed by atoms with Crippen LogP contribution in [0.3, 0.4) is 0 Å². The predicted molar refractivity (Wildman–Crippen MR) is 85.3 cm³/mol. The van der Waals surface area contributed by atoms with E-state index in [2.05, 4.69) is 0 Å². The number of likely N-dealkylation sites (N-methyl/N-ethyl adjacent to an activating group) is 1. The van der Waals surface area contributed by atoms with E-state index in [1.807, 2.05) is 49.2 Å². The van der Waals surface area contributed by atoms with Crippen molar-refractivity contribution >= 4 is 0 Å². The van der Waals surface area contributed by atoms with Crippen LogP contribution in [0, 0.1) is 11.6 Å². The monoisotopic (exact) mass is 321 g/mol. The minimum Gasteiger partial charge on any atom is -0.491 e. The van der Waals surface area contributed by atoms with Crippen LogP contribution in [0.15, 0.2) is 48.5 Å². The third-order valence-electron chi connectivity index (χ3n) is 3.77. The molecule has 2 aromatic carbocycles. The molecule has 0 bridgehead atoms. The van der Waals surface area contributed by atoms with Crippen LogP contribution in [-0.2, 0) is 0 Å². The fourth-order valence-corrected chi connectivity index (χ4v) is 2.28. The molecule has 0 aliphatic heterocycles. The highest BCUT2D eigenvalue weighted by Gasteiger charge is 2.17. The summed E-state index contributed by atoms with van der Waals surface area (Å²) in [5.41, 5.74) is 0.655. The zero-order valence-electron chi connectivity index (χ0n) is 13.2. The Morgan fingerprint density at radius 1 is 1.09 bits per heavy atom. The number of hydrogen-bond acceptors (Lipinski definition) is 3. The lowest BCUT2D eigenvalue weighted by Crippen LogP contribution is -2.34. The highest BCUT2D eigenvalue weighted by Crippen LogP contribution is 2.21. The van der Waals surface area contributed by atoms with E-state index in [9.17, 15) is 13.9 Å². The second kappa shape index (κ2) is 8.04. The number of hydrogen-bond donors (Lipinski definition) is 1. The van der Waals surface area contributed by atoms with Gasteiger partial charge in [-0.3, -0.25) is 4.90 Å². The minimum absolute atomic E-state index is 0.156. The van der Waals surface area contributed by atoms with Gasteiger partial charge < -0.3 is 9.84 Å². The molecule has 2 unspecified atom stereocenters. The first kappa shape index (κ1) is 17.4. The summed E-state index contributed by atoms with van der Waals surface area (Å²) in [5, 5.41) is 10.1. The van der Waals surface area contributed by atoms with Crippen LogP contribution in [0.2, 0.25) is 0 Å². The zero-order chi connectivity index (χ0) is 16.8. The third kappa shape index (κ3) is 5.01. The largest absolute Gasteiger partial charge is 0.491 e. The minimum atomic E-state index is -0.865. The number of benzene rings is 2. The molecular formula is C18H21F2NO2. The molecule has 0 aliphatic carbocycles. The molecule has 124 valence electrons. The smallest absolute Gasteiger partial charge is 0.159 e. The van der Waals surface area contributed by atoms with Gasteiger partial charge in [0.1, 0.15) is 18.5 Å². The van der Waals surface area contributed by atoms with E-state index in [1.165, 1.54) is 6.07 Å². The number of para-hydroxylation sites is 1. The average Bonchev–Trinajstić information content (AvgIpc) is 2.55. The number of rotatable bonds is 7. The van der Waals surface area contributed by atoms with Crippen LogP contribution in [0.4, 0.5) is 8.78 Å². The fourth-order valence-electron chi connectivity index (χ4n) is 2.28. The van der Waals surface area contributed by atoms with Crippen LogP contribution >= 0.6 is 0 Å². The Balaban J connectivity index is 1.87. The van der Waals surface area contributed by atoms with Gasteiger partial charge in [0.15, 0.2) is 11.6 Å². The number of aliphatic hydroxyl groups excluding tert-OH is 1. The van der Waals surface area contributed by atoms with Gasteiger partial charge >= 0.3 is 0 Å². The summed E-state index contributed by atoms with van der Waals surface area (Å²) >= 11 is 0. The van der Waals surface area contributed by atoms with E-state index in [0.717, 1.165) is 6.07 Å². The molecule has 2 rings (SSSR count). The van der Waals surface area contributed by atoms with Crippen molar-refractivity contribution in [3.8, 4) is 5.75 Å². The average molecular weight is 321 g/mol. The summed E-state index contributed by atoms with van der Waals surface area (Å²) in [6, 6.07) is 12.9. The molecule has 0 aromatic heterocycles. The van der Waals surface area contributed by atoms with E-state index < -0.39 is 17.7 Å². The number of ether oxygens (including phenoxy) is 1. The molecule has 0 saturated heterocycles. The van der Waals surface area contributed by atoms with Gasteiger partial charge in [-0.1, -0.05) is 24.3 Å². The summed E-state index contributed by atoms with van der Waals surface area (Å²) in [4.78, 5) is 1.87. The summed E-state index contributed by atoms with van der Waals surface area (Å²) in [6.07, 6.45) is -0.687. The summed E-state index contributed by atoms with van der Waals surface area (Å²) in [7, 11) is 1.82. The lowest BCUT2D eigenvalue weighted by Gasteiger charge is -2.27. The van der Waals surface area contributed by atoms with Gasteiger partial charge in [-0.05, 0) is 43.8 Å². The molecule has 0 aliphatic rings. The lowest BCUT2D eigenvalue weighted by atomic mass is 10.1.